The molecule has 32 heavy (non-hydrogen) atoms. The lowest BCUT2D eigenvalue weighted by Crippen LogP contribution is -2.42. The lowest BCUT2D eigenvalue weighted by Gasteiger charge is -2.26. The fourth-order valence-electron chi connectivity index (χ4n) is 3.70. The summed E-state index contributed by atoms with van der Waals surface area (Å²) in [6.07, 6.45) is 0. The average Bonchev–Trinajstić information content (AvgIpc) is 3.18. The van der Waals surface area contributed by atoms with Crippen LogP contribution in [0.3, 0.4) is 0 Å². The van der Waals surface area contributed by atoms with E-state index in [1.807, 2.05) is 43.3 Å². The molecular formula is C23H23N7O2. The Hall–Kier alpha value is -4.32. The summed E-state index contributed by atoms with van der Waals surface area (Å²) in [7, 11) is 3.89. The number of hydrogen-bond donors (Lipinski definition) is 2. The third kappa shape index (κ3) is 3.98. The van der Waals surface area contributed by atoms with E-state index < -0.39 is 6.03 Å². The molecule has 1 aromatic heterocycles. The van der Waals surface area contributed by atoms with Crippen LogP contribution in [-0.4, -0.2) is 47.3 Å². The Morgan fingerprint density at radius 2 is 1.91 bits per heavy atom. The molecule has 2 aromatic carbocycles. The first-order chi connectivity index (χ1) is 15.4. The predicted molar refractivity (Wildman–Crippen MR) is 121 cm³/mol. The number of benzene rings is 2. The Morgan fingerprint density at radius 3 is 2.56 bits per heavy atom. The average molecular weight is 429 g/mol. The van der Waals surface area contributed by atoms with Crippen LogP contribution < -0.4 is 16.0 Å². The molecule has 1 aliphatic rings. The molecule has 162 valence electrons. The number of urea groups is 1. The van der Waals surface area contributed by atoms with Gasteiger partial charge in [-0.3, -0.25) is 9.48 Å². The number of nitrogens with one attached hydrogen (secondary N) is 1. The number of nitrogens with two attached hydrogens (primary N) is 1. The number of hydrogen-bond acceptors (Lipinski definition) is 5. The molecule has 0 bridgehead atoms. The molecule has 0 saturated carbocycles. The highest BCUT2D eigenvalue weighted by molar-refractivity contribution is 6.09. The van der Waals surface area contributed by atoms with Crippen LogP contribution in [0.5, 0.6) is 0 Å². The minimum Gasteiger partial charge on any atom is -0.378 e. The first kappa shape index (κ1) is 20.9. The fourth-order valence-corrected chi connectivity index (χ4v) is 3.70. The zero-order valence-corrected chi connectivity index (χ0v) is 17.9. The van der Waals surface area contributed by atoms with Crippen LogP contribution in [0.25, 0.3) is 11.3 Å². The largest absolute Gasteiger partial charge is 0.378 e. The quantitative estimate of drug-likeness (QED) is 0.661. The Bertz CT molecular complexity index is 1220. The van der Waals surface area contributed by atoms with Gasteiger partial charge < -0.3 is 20.9 Å². The number of aromatic nitrogens is 2. The van der Waals surface area contributed by atoms with Crippen molar-refractivity contribution >= 4 is 23.3 Å². The monoisotopic (exact) mass is 429 g/mol. The van der Waals surface area contributed by atoms with Gasteiger partial charge in [0.2, 0.25) is 0 Å². The van der Waals surface area contributed by atoms with E-state index >= 15 is 0 Å². The normalized spacial score (nSPS) is 12.6. The van der Waals surface area contributed by atoms with E-state index in [0.29, 0.717) is 41.3 Å². The van der Waals surface area contributed by atoms with Crippen molar-refractivity contribution in [3.05, 3.63) is 65.4 Å². The Morgan fingerprint density at radius 1 is 1.16 bits per heavy atom. The maximum atomic E-state index is 13.4. The fraction of sp³-hybridized carbons (Fsp3) is 0.217. The summed E-state index contributed by atoms with van der Waals surface area (Å²) in [4.78, 5) is 28.7. The molecule has 3 aromatic rings. The van der Waals surface area contributed by atoms with Gasteiger partial charge in [-0.05, 0) is 36.4 Å². The van der Waals surface area contributed by atoms with Gasteiger partial charge in [0.25, 0.3) is 5.91 Å². The summed E-state index contributed by atoms with van der Waals surface area (Å²) in [6.45, 7) is 1.08. The predicted octanol–water partition coefficient (Wildman–Crippen LogP) is 2.63. The van der Waals surface area contributed by atoms with Crippen molar-refractivity contribution in [2.75, 3.05) is 30.9 Å². The number of carbonyl (C=O) groups excluding carboxylic acids is 2. The molecule has 3 amide bonds. The van der Waals surface area contributed by atoms with Crippen molar-refractivity contribution in [2.24, 2.45) is 5.73 Å². The smallest absolute Gasteiger partial charge is 0.315 e. The summed E-state index contributed by atoms with van der Waals surface area (Å²) < 4.78 is 1.77. The first-order valence-corrected chi connectivity index (χ1v) is 10.1. The molecule has 0 spiro atoms. The van der Waals surface area contributed by atoms with Gasteiger partial charge in [-0.2, -0.15) is 10.4 Å². The second-order valence-electron chi connectivity index (χ2n) is 7.74. The van der Waals surface area contributed by atoms with Crippen LogP contribution in [0.2, 0.25) is 0 Å². The lowest BCUT2D eigenvalue weighted by molar-refractivity contribution is 0.102. The minimum atomic E-state index is -0.535. The van der Waals surface area contributed by atoms with Crippen LogP contribution in [0, 0.1) is 11.3 Å². The van der Waals surface area contributed by atoms with E-state index in [1.165, 1.54) is 4.90 Å². The Balaban J connectivity index is 1.78. The zero-order valence-electron chi connectivity index (χ0n) is 17.9. The third-order valence-electron chi connectivity index (χ3n) is 5.43. The van der Waals surface area contributed by atoms with Crippen LogP contribution in [0.1, 0.15) is 21.6 Å². The van der Waals surface area contributed by atoms with Crippen LogP contribution in [0.15, 0.2) is 48.5 Å². The molecule has 9 nitrogen and oxygen atoms in total. The topological polar surface area (TPSA) is 120 Å². The summed E-state index contributed by atoms with van der Waals surface area (Å²) in [5.74, 6) is -0.340. The van der Waals surface area contributed by atoms with E-state index in [4.69, 9.17) is 16.1 Å². The summed E-state index contributed by atoms with van der Waals surface area (Å²) in [5.41, 5.74) is 9.91. The van der Waals surface area contributed by atoms with Crippen molar-refractivity contribution < 1.29 is 9.59 Å². The molecule has 2 heterocycles. The number of rotatable bonds is 4. The Kier molecular flexibility index (Phi) is 5.52. The molecule has 0 atom stereocenters. The molecule has 0 unspecified atom stereocenters. The number of nitrogens with zero attached hydrogens (tertiary/aromatic N) is 5. The Labute approximate surface area is 185 Å². The van der Waals surface area contributed by atoms with E-state index in [1.54, 1.807) is 28.9 Å². The standard InChI is InChI=1S/C23H23N7O2/c1-28(2)18-5-3-4-16(12-18)21-20(19-14-29(23(25)32)10-11-30(19)27-21)22(31)26-17-8-6-15(13-24)7-9-17/h3-9,12H,10-11,14H2,1-2H3,(H2,25,32)(H,26,31). The van der Waals surface area contributed by atoms with Crippen LogP contribution in [0.4, 0.5) is 16.2 Å². The molecule has 0 aliphatic carbocycles. The molecule has 4 rings (SSSR count). The van der Waals surface area contributed by atoms with Crippen molar-refractivity contribution in [3.63, 3.8) is 0 Å². The second-order valence-corrected chi connectivity index (χ2v) is 7.74. The first-order valence-electron chi connectivity index (χ1n) is 10.1. The third-order valence-corrected chi connectivity index (χ3v) is 5.43. The maximum Gasteiger partial charge on any atom is 0.315 e. The van der Waals surface area contributed by atoms with Crippen molar-refractivity contribution in [2.45, 2.75) is 13.1 Å². The highest BCUT2D eigenvalue weighted by Gasteiger charge is 2.30. The van der Waals surface area contributed by atoms with E-state index in [0.717, 1.165) is 11.3 Å². The van der Waals surface area contributed by atoms with Crippen molar-refractivity contribution in [3.8, 4) is 17.3 Å². The van der Waals surface area contributed by atoms with E-state index in [9.17, 15) is 9.59 Å². The number of primary amides is 1. The minimum absolute atomic E-state index is 0.200. The van der Waals surface area contributed by atoms with Gasteiger partial charge in [0.05, 0.1) is 36.0 Å². The van der Waals surface area contributed by atoms with E-state index in [2.05, 4.69) is 11.4 Å². The maximum absolute atomic E-state index is 13.4. The second kappa shape index (κ2) is 8.43. The zero-order chi connectivity index (χ0) is 22.8. The summed E-state index contributed by atoms with van der Waals surface area (Å²) in [6, 6.07) is 15.9. The molecule has 1 aliphatic heterocycles. The number of nitriles is 1. The lowest BCUT2D eigenvalue weighted by atomic mass is 10.0. The van der Waals surface area contributed by atoms with Gasteiger partial charge in [0.1, 0.15) is 5.69 Å². The molecule has 3 N–H and O–H groups in total. The van der Waals surface area contributed by atoms with Crippen molar-refractivity contribution in [1.29, 1.82) is 5.26 Å². The van der Waals surface area contributed by atoms with Crippen molar-refractivity contribution in [1.82, 2.24) is 14.7 Å². The molecule has 0 radical (unpaired) electrons. The summed E-state index contributed by atoms with van der Waals surface area (Å²) in [5, 5.41) is 16.6. The van der Waals surface area contributed by atoms with Gasteiger partial charge in [-0.25, -0.2) is 4.79 Å². The van der Waals surface area contributed by atoms with Gasteiger partial charge in [-0.15, -0.1) is 0 Å². The highest BCUT2D eigenvalue weighted by Crippen LogP contribution is 2.31. The number of amides is 3. The highest BCUT2D eigenvalue weighted by atomic mass is 16.2. The SMILES string of the molecule is CN(C)c1cccc(-c2nn3c(c2C(=O)Nc2ccc(C#N)cc2)CN(C(N)=O)CC3)c1. The summed E-state index contributed by atoms with van der Waals surface area (Å²) >= 11 is 0. The van der Waals surface area contributed by atoms with E-state index in [-0.39, 0.29) is 12.5 Å². The number of fused-ring (bicyclic) bond motifs is 1. The molecule has 0 saturated heterocycles. The van der Waals surface area contributed by atoms with Gasteiger partial charge >= 0.3 is 6.03 Å². The van der Waals surface area contributed by atoms with Crippen LogP contribution in [-0.2, 0) is 13.1 Å². The molecular weight excluding hydrogens is 406 g/mol. The molecule has 0 fully saturated rings. The van der Waals surface area contributed by atoms with Gasteiger partial charge in [0.15, 0.2) is 0 Å². The van der Waals surface area contributed by atoms with Crippen LogP contribution >= 0.6 is 0 Å². The van der Waals surface area contributed by atoms with Gasteiger partial charge in [-0.1, -0.05) is 12.1 Å². The number of carbonyl (C=O) groups is 2. The number of anilines is 2. The molecule has 9 heteroatoms. The van der Waals surface area contributed by atoms with Gasteiger partial charge in [0, 0.05) is 37.6 Å².